The molecule has 1 fully saturated rings. The number of hydrogen-bond donors (Lipinski definition) is 2. The summed E-state index contributed by atoms with van der Waals surface area (Å²) in [6, 6.07) is 10.2. The highest BCUT2D eigenvalue weighted by Gasteiger charge is 2.20. The van der Waals surface area contributed by atoms with Gasteiger partial charge in [0.15, 0.2) is 0 Å². The average Bonchev–Trinajstić information content (AvgIpc) is 3.09. The first-order valence-electron chi connectivity index (χ1n) is 8.14. The molecule has 130 valence electrons. The van der Waals surface area contributed by atoms with Crippen LogP contribution in [0.4, 0.5) is 10.1 Å². The van der Waals surface area contributed by atoms with Crippen LogP contribution in [0.25, 0.3) is 0 Å². The molecule has 0 radical (unpaired) electrons. The highest BCUT2D eigenvalue weighted by molar-refractivity contribution is 6.05. The van der Waals surface area contributed by atoms with E-state index >= 15 is 0 Å². The van der Waals surface area contributed by atoms with Gasteiger partial charge in [0.05, 0.1) is 22.9 Å². The summed E-state index contributed by atoms with van der Waals surface area (Å²) in [5.41, 5.74) is 0.0285. The molecule has 0 unspecified atom stereocenters. The molecule has 0 bridgehead atoms. The SMILES string of the molecule is O=C(O)c1ccc(C(=O)Nc2ccccc2OC2CCCC2)c(F)c1. The van der Waals surface area contributed by atoms with Crippen LogP contribution in [0.15, 0.2) is 42.5 Å². The minimum absolute atomic E-state index is 0.129. The number of hydrogen-bond acceptors (Lipinski definition) is 3. The maximum Gasteiger partial charge on any atom is 0.335 e. The van der Waals surface area contributed by atoms with E-state index in [1.807, 2.05) is 6.07 Å². The Kier molecular flexibility index (Phi) is 4.97. The number of benzene rings is 2. The molecule has 2 aromatic carbocycles. The van der Waals surface area contributed by atoms with E-state index in [-0.39, 0.29) is 17.2 Å². The van der Waals surface area contributed by atoms with E-state index in [1.165, 1.54) is 6.07 Å². The maximum absolute atomic E-state index is 14.0. The van der Waals surface area contributed by atoms with Crippen LogP contribution < -0.4 is 10.1 Å². The van der Waals surface area contributed by atoms with E-state index in [1.54, 1.807) is 18.2 Å². The molecule has 0 saturated heterocycles. The van der Waals surface area contributed by atoms with Crippen LogP contribution in [0.5, 0.6) is 5.75 Å². The van der Waals surface area contributed by atoms with Crippen molar-refractivity contribution in [1.29, 1.82) is 0 Å². The van der Waals surface area contributed by atoms with Gasteiger partial charge in [0.25, 0.3) is 5.91 Å². The molecule has 2 aromatic rings. The highest BCUT2D eigenvalue weighted by Crippen LogP contribution is 2.30. The van der Waals surface area contributed by atoms with Crippen LogP contribution in [0.1, 0.15) is 46.4 Å². The topological polar surface area (TPSA) is 75.6 Å². The molecule has 5 nitrogen and oxygen atoms in total. The molecular weight excluding hydrogens is 325 g/mol. The Hall–Kier alpha value is -2.89. The zero-order chi connectivity index (χ0) is 17.8. The molecule has 0 atom stereocenters. The third-order valence-corrected chi connectivity index (χ3v) is 4.19. The minimum atomic E-state index is -1.25. The fourth-order valence-corrected chi connectivity index (χ4v) is 2.88. The van der Waals surface area contributed by atoms with Gasteiger partial charge in [0.1, 0.15) is 11.6 Å². The standard InChI is InChI=1S/C19H18FNO4/c20-15-11-12(19(23)24)9-10-14(15)18(22)21-16-7-3-4-8-17(16)25-13-5-1-2-6-13/h3-4,7-11,13H,1-2,5-6H2,(H,21,22)(H,23,24). The predicted molar refractivity (Wildman–Crippen MR) is 90.6 cm³/mol. The van der Waals surface area contributed by atoms with Gasteiger partial charge >= 0.3 is 5.97 Å². The maximum atomic E-state index is 14.0. The van der Waals surface area contributed by atoms with Crippen LogP contribution >= 0.6 is 0 Å². The smallest absolute Gasteiger partial charge is 0.335 e. The number of ether oxygens (including phenoxy) is 1. The second-order valence-corrected chi connectivity index (χ2v) is 5.97. The number of carbonyl (C=O) groups is 2. The van der Waals surface area contributed by atoms with Crippen LogP contribution in [0, 0.1) is 5.82 Å². The minimum Gasteiger partial charge on any atom is -0.488 e. The summed E-state index contributed by atoms with van der Waals surface area (Å²) in [5.74, 6) is -2.24. The number of carboxylic acids is 1. The Bertz CT molecular complexity index is 800. The summed E-state index contributed by atoms with van der Waals surface area (Å²) < 4.78 is 20.0. The average molecular weight is 343 g/mol. The van der Waals surface area contributed by atoms with Crippen molar-refractivity contribution in [2.24, 2.45) is 0 Å². The molecule has 1 saturated carbocycles. The van der Waals surface area contributed by atoms with Gasteiger partial charge in [-0.1, -0.05) is 12.1 Å². The van der Waals surface area contributed by atoms with Crippen molar-refractivity contribution in [3.63, 3.8) is 0 Å². The lowest BCUT2D eigenvalue weighted by atomic mass is 10.1. The molecule has 25 heavy (non-hydrogen) atoms. The Balaban J connectivity index is 1.78. The van der Waals surface area contributed by atoms with Gasteiger partial charge in [0, 0.05) is 0 Å². The Morgan fingerprint density at radius 1 is 1.12 bits per heavy atom. The Morgan fingerprint density at radius 3 is 2.52 bits per heavy atom. The van der Waals surface area contributed by atoms with Crippen molar-refractivity contribution in [2.45, 2.75) is 31.8 Å². The molecule has 0 aromatic heterocycles. The first kappa shape index (κ1) is 17.0. The van der Waals surface area contributed by atoms with Crippen molar-refractivity contribution < 1.29 is 23.8 Å². The molecule has 1 aliphatic rings. The van der Waals surface area contributed by atoms with Crippen LogP contribution in [-0.4, -0.2) is 23.1 Å². The van der Waals surface area contributed by atoms with E-state index in [9.17, 15) is 14.0 Å². The Labute approximate surface area is 144 Å². The molecule has 3 rings (SSSR count). The number of rotatable bonds is 5. The van der Waals surface area contributed by atoms with E-state index < -0.39 is 17.7 Å². The molecule has 2 N–H and O–H groups in total. The highest BCUT2D eigenvalue weighted by atomic mass is 19.1. The third kappa shape index (κ3) is 3.96. The van der Waals surface area contributed by atoms with Crippen molar-refractivity contribution in [3.8, 4) is 5.75 Å². The zero-order valence-corrected chi connectivity index (χ0v) is 13.5. The van der Waals surface area contributed by atoms with Gasteiger partial charge in [-0.3, -0.25) is 4.79 Å². The third-order valence-electron chi connectivity index (χ3n) is 4.19. The van der Waals surface area contributed by atoms with E-state index in [2.05, 4.69) is 5.32 Å². The summed E-state index contributed by atoms with van der Waals surface area (Å²) in [6.07, 6.45) is 4.34. The quantitative estimate of drug-likeness (QED) is 0.857. The van der Waals surface area contributed by atoms with E-state index in [4.69, 9.17) is 9.84 Å². The summed E-state index contributed by atoms with van der Waals surface area (Å²) in [5, 5.41) is 11.5. The number of para-hydroxylation sites is 2. The van der Waals surface area contributed by atoms with Gasteiger partial charge in [0.2, 0.25) is 0 Å². The monoisotopic (exact) mass is 343 g/mol. The fourth-order valence-electron chi connectivity index (χ4n) is 2.88. The van der Waals surface area contributed by atoms with Crippen molar-refractivity contribution >= 4 is 17.6 Å². The zero-order valence-electron chi connectivity index (χ0n) is 13.5. The predicted octanol–water partition coefficient (Wildman–Crippen LogP) is 4.10. The van der Waals surface area contributed by atoms with Gasteiger partial charge in [-0.2, -0.15) is 0 Å². The number of carboxylic acid groups (broad SMARTS) is 1. The normalized spacial score (nSPS) is 14.3. The van der Waals surface area contributed by atoms with E-state index in [0.29, 0.717) is 11.4 Å². The molecule has 0 heterocycles. The number of nitrogens with one attached hydrogen (secondary N) is 1. The molecule has 0 spiro atoms. The molecule has 1 aliphatic carbocycles. The first-order valence-corrected chi connectivity index (χ1v) is 8.14. The van der Waals surface area contributed by atoms with Crippen LogP contribution in [0.2, 0.25) is 0 Å². The van der Waals surface area contributed by atoms with E-state index in [0.717, 1.165) is 37.8 Å². The number of anilines is 1. The van der Waals surface area contributed by atoms with Crippen LogP contribution in [0.3, 0.4) is 0 Å². The van der Waals surface area contributed by atoms with Gasteiger partial charge < -0.3 is 15.2 Å². The van der Waals surface area contributed by atoms with Gasteiger partial charge in [-0.15, -0.1) is 0 Å². The van der Waals surface area contributed by atoms with Crippen molar-refractivity contribution in [1.82, 2.24) is 0 Å². The van der Waals surface area contributed by atoms with Crippen molar-refractivity contribution in [3.05, 3.63) is 59.4 Å². The number of aromatic carboxylic acids is 1. The summed E-state index contributed by atoms with van der Waals surface area (Å²) in [6.45, 7) is 0. The second-order valence-electron chi connectivity index (χ2n) is 5.97. The molecule has 0 aliphatic heterocycles. The summed E-state index contributed by atoms with van der Waals surface area (Å²) in [4.78, 5) is 23.2. The number of halogens is 1. The van der Waals surface area contributed by atoms with Gasteiger partial charge in [-0.05, 0) is 56.0 Å². The fraction of sp³-hybridized carbons (Fsp3) is 0.263. The second kappa shape index (κ2) is 7.34. The lowest BCUT2D eigenvalue weighted by Gasteiger charge is -2.17. The van der Waals surface area contributed by atoms with Gasteiger partial charge in [-0.25, -0.2) is 9.18 Å². The largest absolute Gasteiger partial charge is 0.488 e. The molecule has 1 amide bonds. The first-order chi connectivity index (χ1) is 12.0. The molecule has 6 heteroatoms. The number of carbonyl (C=O) groups excluding carboxylic acids is 1. The summed E-state index contributed by atoms with van der Waals surface area (Å²) >= 11 is 0. The Morgan fingerprint density at radius 2 is 1.84 bits per heavy atom. The summed E-state index contributed by atoms with van der Waals surface area (Å²) in [7, 11) is 0. The molecular formula is C19H18FNO4. The van der Waals surface area contributed by atoms with Crippen LogP contribution in [-0.2, 0) is 0 Å². The lowest BCUT2D eigenvalue weighted by Crippen LogP contribution is -2.17. The lowest BCUT2D eigenvalue weighted by molar-refractivity contribution is 0.0695. The van der Waals surface area contributed by atoms with Crippen molar-refractivity contribution in [2.75, 3.05) is 5.32 Å². The number of amides is 1.